The van der Waals surface area contributed by atoms with Crippen LogP contribution in [0.3, 0.4) is 0 Å². The molecule has 1 aliphatic heterocycles. The Bertz CT molecular complexity index is 681. The molecular formula is C18H16O4. The maximum atomic E-state index is 12.3. The van der Waals surface area contributed by atoms with Gasteiger partial charge in [-0.15, -0.1) is 0 Å². The van der Waals surface area contributed by atoms with Crippen LogP contribution in [0.5, 0.6) is 0 Å². The molecule has 3 rings (SSSR count). The van der Waals surface area contributed by atoms with Gasteiger partial charge in [0.25, 0.3) is 0 Å². The molecule has 1 saturated heterocycles. The van der Waals surface area contributed by atoms with Crippen molar-refractivity contribution in [2.24, 2.45) is 5.41 Å². The van der Waals surface area contributed by atoms with Gasteiger partial charge in [0.1, 0.15) is 6.10 Å². The lowest BCUT2D eigenvalue weighted by Crippen LogP contribution is -2.37. The first-order valence-corrected chi connectivity index (χ1v) is 7.15. The fraction of sp³-hybridized carbons (Fsp3) is 0.222. The average Bonchev–Trinajstić information content (AvgIpc) is 2.87. The van der Waals surface area contributed by atoms with Crippen molar-refractivity contribution in [3.63, 3.8) is 0 Å². The van der Waals surface area contributed by atoms with Gasteiger partial charge in [-0.2, -0.15) is 0 Å². The third-order valence-corrected chi connectivity index (χ3v) is 4.10. The van der Waals surface area contributed by atoms with Crippen LogP contribution in [-0.2, 0) is 20.7 Å². The summed E-state index contributed by atoms with van der Waals surface area (Å²) in [5.74, 6) is -1.78. The zero-order valence-corrected chi connectivity index (χ0v) is 11.9. The molecule has 2 aromatic rings. The molecule has 0 unspecified atom stereocenters. The molecule has 1 fully saturated rings. The van der Waals surface area contributed by atoms with Crippen LogP contribution in [0, 0.1) is 5.41 Å². The minimum atomic E-state index is -1.51. The first kappa shape index (κ1) is 14.3. The Morgan fingerprint density at radius 2 is 1.68 bits per heavy atom. The number of carboxylic acids is 1. The maximum absolute atomic E-state index is 12.3. The molecule has 4 nitrogen and oxygen atoms in total. The van der Waals surface area contributed by atoms with Crippen molar-refractivity contribution < 1.29 is 19.4 Å². The highest BCUT2D eigenvalue weighted by molar-refractivity contribution is 6.01. The predicted octanol–water partition coefficient (Wildman–Crippen LogP) is 2.99. The zero-order valence-electron chi connectivity index (χ0n) is 11.9. The number of aliphatic carboxylic acids is 1. The van der Waals surface area contributed by atoms with Gasteiger partial charge in [-0.25, -0.2) is 0 Å². The van der Waals surface area contributed by atoms with Gasteiger partial charge in [-0.3, -0.25) is 9.59 Å². The molecule has 1 heterocycles. The Balaban J connectivity index is 1.91. The topological polar surface area (TPSA) is 63.6 Å². The highest BCUT2D eigenvalue weighted by Crippen LogP contribution is 2.44. The van der Waals surface area contributed by atoms with Crippen molar-refractivity contribution in [2.75, 3.05) is 0 Å². The minimum absolute atomic E-state index is 0.144. The third-order valence-electron chi connectivity index (χ3n) is 4.10. The summed E-state index contributed by atoms with van der Waals surface area (Å²) in [5, 5.41) is 9.66. The second-order valence-corrected chi connectivity index (χ2v) is 5.56. The maximum Gasteiger partial charge on any atom is 0.324 e. The fourth-order valence-electron chi connectivity index (χ4n) is 2.88. The van der Waals surface area contributed by atoms with E-state index >= 15 is 0 Å². The van der Waals surface area contributed by atoms with Crippen LogP contribution in [0.4, 0.5) is 0 Å². The summed E-state index contributed by atoms with van der Waals surface area (Å²) in [6.45, 7) is 0. The van der Waals surface area contributed by atoms with Crippen molar-refractivity contribution >= 4 is 11.9 Å². The smallest absolute Gasteiger partial charge is 0.324 e. The third kappa shape index (κ3) is 2.48. The van der Waals surface area contributed by atoms with Crippen LogP contribution >= 0.6 is 0 Å². The van der Waals surface area contributed by atoms with Gasteiger partial charge in [0.2, 0.25) is 0 Å². The van der Waals surface area contributed by atoms with Crippen molar-refractivity contribution in [1.82, 2.24) is 0 Å². The molecule has 2 atom stereocenters. The van der Waals surface area contributed by atoms with E-state index in [1.165, 1.54) is 0 Å². The number of carbonyl (C=O) groups is 2. The van der Waals surface area contributed by atoms with Crippen LogP contribution in [0.2, 0.25) is 0 Å². The van der Waals surface area contributed by atoms with Gasteiger partial charge in [0.15, 0.2) is 5.41 Å². The van der Waals surface area contributed by atoms with Crippen LogP contribution in [0.15, 0.2) is 60.7 Å². The average molecular weight is 296 g/mol. The molecule has 2 aromatic carbocycles. The number of benzene rings is 2. The molecule has 0 saturated carbocycles. The molecule has 1 aliphatic rings. The Morgan fingerprint density at radius 3 is 2.27 bits per heavy atom. The first-order chi connectivity index (χ1) is 10.6. The summed E-state index contributed by atoms with van der Waals surface area (Å²) in [6, 6.07) is 18.4. The van der Waals surface area contributed by atoms with Gasteiger partial charge in [-0.05, 0) is 17.5 Å². The minimum Gasteiger partial charge on any atom is -0.480 e. The van der Waals surface area contributed by atoms with E-state index in [1.54, 1.807) is 0 Å². The Morgan fingerprint density at radius 1 is 1.09 bits per heavy atom. The predicted molar refractivity (Wildman–Crippen MR) is 80.1 cm³/mol. The molecular weight excluding hydrogens is 280 g/mol. The summed E-state index contributed by atoms with van der Waals surface area (Å²) < 4.78 is 5.38. The Labute approximate surface area is 128 Å². The SMILES string of the molecule is O=C(O)[C@]1(Cc2ccccc2)C[C@H](c2ccccc2)OC1=O. The molecule has 1 N–H and O–H groups in total. The lowest BCUT2D eigenvalue weighted by Gasteiger charge is -2.19. The van der Waals surface area contributed by atoms with Crippen LogP contribution in [0.25, 0.3) is 0 Å². The molecule has 0 aromatic heterocycles. The van der Waals surface area contributed by atoms with E-state index in [0.29, 0.717) is 0 Å². The number of carboxylic acid groups (broad SMARTS) is 1. The Kier molecular flexibility index (Phi) is 3.67. The number of rotatable bonds is 4. The van der Waals surface area contributed by atoms with E-state index in [9.17, 15) is 14.7 Å². The first-order valence-electron chi connectivity index (χ1n) is 7.15. The molecule has 0 spiro atoms. The number of carbonyl (C=O) groups excluding carboxylic acids is 1. The van der Waals surface area contributed by atoms with Crippen molar-refractivity contribution in [3.8, 4) is 0 Å². The van der Waals surface area contributed by atoms with Crippen molar-refractivity contribution in [3.05, 3.63) is 71.8 Å². The second kappa shape index (κ2) is 5.64. The van der Waals surface area contributed by atoms with Gasteiger partial charge in [0.05, 0.1) is 0 Å². The summed E-state index contributed by atoms with van der Waals surface area (Å²) in [4.78, 5) is 24.1. The van der Waals surface area contributed by atoms with Gasteiger partial charge < -0.3 is 9.84 Å². The van der Waals surface area contributed by atoms with E-state index in [-0.39, 0.29) is 12.8 Å². The van der Waals surface area contributed by atoms with E-state index in [2.05, 4.69) is 0 Å². The Hall–Kier alpha value is -2.62. The lowest BCUT2D eigenvalue weighted by molar-refractivity contribution is -0.161. The number of hydrogen-bond acceptors (Lipinski definition) is 3. The van der Waals surface area contributed by atoms with Crippen molar-refractivity contribution in [2.45, 2.75) is 18.9 Å². The van der Waals surface area contributed by atoms with E-state index in [1.807, 2.05) is 60.7 Å². The second-order valence-electron chi connectivity index (χ2n) is 5.56. The molecule has 0 amide bonds. The molecule has 4 heteroatoms. The zero-order chi connectivity index (χ0) is 15.6. The van der Waals surface area contributed by atoms with Gasteiger partial charge in [-0.1, -0.05) is 60.7 Å². The van der Waals surface area contributed by atoms with E-state index in [4.69, 9.17) is 4.74 Å². The van der Waals surface area contributed by atoms with Gasteiger partial charge >= 0.3 is 11.9 Å². The summed E-state index contributed by atoms with van der Waals surface area (Å²) in [7, 11) is 0. The number of esters is 1. The number of cyclic esters (lactones) is 1. The molecule has 0 bridgehead atoms. The van der Waals surface area contributed by atoms with Gasteiger partial charge in [0, 0.05) is 6.42 Å². The fourth-order valence-corrected chi connectivity index (χ4v) is 2.88. The number of hydrogen-bond donors (Lipinski definition) is 1. The highest BCUT2D eigenvalue weighted by atomic mass is 16.6. The van der Waals surface area contributed by atoms with E-state index < -0.39 is 23.5 Å². The quantitative estimate of drug-likeness (QED) is 0.696. The summed E-state index contributed by atoms with van der Waals surface area (Å²) >= 11 is 0. The summed E-state index contributed by atoms with van der Waals surface area (Å²) in [6.07, 6.45) is -0.209. The van der Waals surface area contributed by atoms with E-state index in [0.717, 1.165) is 11.1 Å². The van der Waals surface area contributed by atoms with Crippen LogP contribution in [-0.4, -0.2) is 17.0 Å². The molecule has 22 heavy (non-hydrogen) atoms. The van der Waals surface area contributed by atoms with Crippen molar-refractivity contribution in [1.29, 1.82) is 0 Å². The molecule has 0 aliphatic carbocycles. The number of ether oxygens (including phenoxy) is 1. The molecule has 0 radical (unpaired) electrons. The molecule has 112 valence electrons. The largest absolute Gasteiger partial charge is 0.480 e. The monoisotopic (exact) mass is 296 g/mol. The van der Waals surface area contributed by atoms with Crippen LogP contribution in [0.1, 0.15) is 23.7 Å². The lowest BCUT2D eigenvalue weighted by atomic mass is 9.78. The highest BCUT2D eigenvalue weighted by Gasteiger charge is 2.55. The summed E-state index contributed by atoms with van der Waals surface area (Å²) in [5.41, 5.74) is 0.129. The standard InChI is InChI=1S/C18H16O4/c19-16(20)18(11-13-7-3-1-4-8-13)12-15(22-17(18)21)14-9-5-2-6-10-14/h1-10,15H,11-12H2,(H,19,20)/t15-,18+/m1/s1. The normalized spacial score (nSPS) is 24.0. The van der Waals surface area contributed by atoms with Crippen LogP contribution < -0.4 is 0 Å².